The van der Waals surface area contributed by atoms with Crippen LogP contribution in [0.3, 0.4) is 0 Å². The van der Waals surface area contributed by atoms with E-state index in [2.05, 4.69) is 26.1 Å². The van der Waals surface area contributed by atoms with E-state index in [1.807, 2.05) is 0 Å². The Kier molecular flexibility index (Phi) is 2.21. The first-order valence-electron chi connectivity index (χ1n) is 4.41. The third-order valence-electron chi connectivity index (χ3n) is 2.96. The van der Waals surface area contributed by atoms with Crippen LogP contribution in [0.2, 0.25) is 0 Å². The molecule has 1 aliphatic heterocycles. The van der Waals surface area contributed by atoms with Crippen LogP contribution in [0, 0.1) is 5.41 Å². The minimum absolute atomic E-state index is 0.214. The van der Waals surface area contributed by atoms with Gasteiger partial charge in [0.25, 0.3) is 0 Å². The zero-order valence-corrected chi connectivity index (χ0v) is 7.61. The molecule has 1 rings (SSSR count). The number of hydrogen-bond donors (Lipinski definition) is 1. The highest BCUT2D eigenvalue weighted by Crippen LogP contribution is 2.35. The minimum Gasteiger partial charge on any atom is -0.353 e. The van der Waals surface area contributed by atoms with E-state index >= 15 is 0 Å². The summed E-state index contributed by atoms with van der Waals surface area (Å²) in [6.45, 7) is 6.48. The summed E-state index contributed by atoms with van der Waals surface area (Å²) in [6, 6.07) is 0.403. The smallest absolute Gasteiger partial charge is 0.220 e. The molecule has 0 spiro atoms. The number of rotatable bonds is 2. The van der Waals surface area contributed by atoms with Crippen molar-refractivity contribution in [3.63, 3.8) is 0 Å². The number of hydrogen-bond acceptors (Lipinski definition) is 1. The molecular weight excluding hydrogens is 138 g/mol. The van der Waals surface area contributed by atoms with E-state index in [0.29, 0.717) is 12.5 Å². The standard InChI is InChI=1S/C9H17NO/c1-4-7-9(3,5-2)6-8(11)10-7/h7H,4-6H2,1-3H3,(H,10,11). The minimum atomic E-state index is 0.214. The van der Waals surface area contributed by atoms with Gasteiger partial charge in [-0.15, -0.1) is 0 Å². The molecule has 2 nitrogen and oxygen atoms in total. The molecule has 0 bridgehead atoms. The summed E-state index contributed by atoms with van der Waals surface area (Å²) in [4.78, 5) is 11.1. The van der Waals surface area contributed by atoms with Gasteiger partial charge >= 0.3 is 0 Å². The fourth-order valence-electron chi connectivity index (χ4n) is 1.88. The Hall–Kier alpha value is -0.530. The van der Waals surface area contributed by atoms with E-state index in [1.54, 1.807) is 0 Å². The third-order valence-corrected chi connectivity index (χ3v) is 2.96. The molecular formula is C9H17NO. The van der Waals surface area contributed by atoms with Crippen LogP contribution >= 0.6 is 0 Å². The van der Waals surface area contributed by atoms with E-state index in [9.17, 15) is 4.79 Å². The second-order valence-corrected chi connectivity index (χ2v) is 3.71. The first-order chi connectivity index (χ1) is 5.12. The summed E-state index contributed by atoms with van der Waals surface area (Å²) in [5.74, 6) is 0.223. The Bertz CT molecular complexity index is 167. The number of amides is 1. The van der Waals surface area contributed by atoms with Crippen LogP contribution in [0.5, 0.6) is 0 Å². The Morgan fingerprint density at radius 3 is 2.64 bits per heavy atom. The molecule has 0 aromatic carbocycles. The van der Waals surface area contributed by atoms with E-state index in [0.717, 1.165) is 12.8 Å². The van der Waals surface area contributed by atoms with Crippen LogP contribution in [-0.4, -0.2) is 11.9 Å². The fraction of sp³-hybridized carbons (Fsp3) is 0.889. The molecule has 1 heterocycles. The molecule has 1 aliphatic rings. The van der Waals surface area contributed by atoms with Crippen LogP contribution in [0.1, 0.15) is 40.0 Å². The van der Waals surface area contributed by atoms with Crippen molar-refractivity contribution in [2.75, 3.05) is 0 Å². The van der Waals surface area contributed by atoms with E-state index in [1.165, 1.54) is 0 Å². The maximum Gasteiger partial charge on any atom is 0.220 e. The monoisotopic (exact) mass is 155 g/mol. The topological polar surface area (TPSA) is 29.1 Å². The molecule has 11 heavy (non-hydrogen) atoms. The summed E-state index contributed by atoms with van der Waals surface area (Å²) >= 11 is 0. The van der Waals surface area contributed by atoms with Gasteiger partial charge in [0.1, 0.15) is 0 Å². The van der Waals surface area contributed by atoms with Crippen molar-refractivity contribution in [1.82, 2.24) is 5.32 Å². The van der Waals surface area contributed by atoms with Crippen LogP contribution in [0.15, 0.2) is 0 Å². The Balaban J connectivity index is 2.71. The molecule has 0 aliphatic carbocycles. The van der Waals surface area contributed by atoms with E-state index in [4.69, 9.17) is 0 Å². The molecule has 0 saturated carbocycles. The lowest BCUT2D eigenvalue weighted by atomic mass is 9.79. The first kappa shape index (κ1) is 8.57. The van der Waals surface area contributed by atoms with E-state index < -0.39 is 0 Å². The largest absolute Gasteiger partial charge is 0.353 e. The van der Waals surface area contributed by atoms with Crippen molar-refractivity contribution in [2.45, 2.75) is 46.1 Å². The zero-order valence-electron chi connectivity index (χ0n) is 7.61. The van der Waals surface area contributed by atoms with Gasteiger partial charge in [-0.2, -0.15) is 0 Å². The summed E-state index contributed by atoms with van der Waals surface area (Å²) in [6.07, 6.45) is 2.85. The first-order valence-corrected chi connectivity index (χ1v) is 4.41. The number of carbonyl (C=O) groups excluding carboxylic acids is 1. The lowest BCUT2D eigenvalue weighted by Gasteiger charge is -2.27. The Labute approximate surface area is 68.4 Å². The predicted octanol–water partition coefficient (Wildman–Crippen LogP) is 1.70. The van der Waals surface area contributed by atoms with Gasteiger partial charge in [-0.25, -0.2) is 0 Å². The molecule has 1 N–H and O–H groups in total. The van der Waals surface area contributed by atoms with Gasteiger partial charge in [-0.1, -0.05) is 20.8 Å². The lowest BCUT2D eigenvalue weighted by Crippen LogP contribution is -2.33. The molecule has 1 fully saturated rings. The lowest BCUT2D eigenvalue weighted by molar-refractivity contribution is -0.119. The highest BCUT2D eigenvalue weighted by molar-refractivity contribution is 5.79. The Morgan fingerprint density at radius 2 is 2.27 bits per heavy atom. The second-order valence-electron chi connectivity index (χ2n) is 3.71. The quantitative estimate of drug-likeness (QED) is 0.646. The highest BCUT2D eigenvalue weighted by atomic mass is 16.2. The fourth-order valence-corrected chi connectivity index (χ4v) is 1.88. The number of nitrogens with one attached hydrogen (secondary N) is 1. The summed E-state index contributed by atoms with van der Waals surface area (Å²) in [5.41, 5.74) is 0.214. The zero-order chi connectivity index (χ0) is 8.48. The van der Waals surface area contributed by atoms with Gasteiger partial charge in [-0.05, 0) is 18.3 Å². The highest BCUT2D eigenvalue weighted by Gasteiger charge is 2.40. The van der Waals surface area contributed by atoms with Crippen molar-refractivity contribution < 1.29 is 4.79 Å². The Morgan fingerprint density at radius 1 is 1.64 bits per heavy atom. The van der Waals surface area contributed by atoms with Gasteiger partial charge in [0, 0.05) is 12.5 Å². The SMILES string of the molecule is CCC1NC(=O)CC1(C)CC. The summed E-state index contributed by atoms with van der Waals surface area (Å²) in [7, 11) is 0. The number of carbonyl (C=O) groups is 1. The summed E-state index contributed by atoms with van der Waals surface area (Å²) in [5, 5.41) is 3.01. The van der Waals surface area contributed by atoms with Crippen molar-refractivity contribution in [2.24, 2.45) is 5.41 Å². The van der Waals surface area contributed by atoms with E-state index in [-0.39, 0.29) is 11.3 Å². The maximum absolute atomic E-state index is 11.1. The van der Waals surface area contributed by atoms with Crippen molar-refractivity contribution in [3.8, 4) is 0 Å². The maximum atomic E-state index is 11.1. The van der Waals surface area contributed by atoms with Gasteiger partial charge in [0.2, 0.25) is 5.91 Å². The normalized spacial score (nSPS) is 37.4. The van der Waals surface area contributed by atoms with Crippen LogP contribution < -0.4 is 5.32 Å². The molecule has 1 amide bonds. The van der Waals surface area contributed by atoms with Gasteiger partial charge in [0.15, 0.2) is 0 Å². The van der Waals surface area contributed by atoms with Crippen molar-refractivity contribution in [1.29, 1.82) is 0 Å². The van der Waals surface area contributed by atoms with Gasteiger partial charge in [-0.3, -0.25) is 4.79 Å². The van der Waals surface area contributed by atoms with Crippen LogP contribution in [0.4, 0.5) is 0 Å². The molecule has 2 heteroatoms. The second kappa shape index (κ2) is 2.84. The van der Waals surface area contributed by atoms with Gasteiger partial charge < -0.3 is 5.32 Å². The van der Waals surface area contributed by atoms with Crippen molar-refractivity contribution in [3.05, 3.63) is 0 Å². The molecule has 1 saturated heterocycles. The molecule has 64 valence electrons. The molecule has 0 aromatic rings. The average molecular weight is 155 g/mol. The molecule has 0 radical (unpaired) electrons. The molecule has 2 unspecified atom stereocenters. The average Bonchev–Trinajstić information content (AvgIpc) is 2.27. The third kappa shape index (κ3) is 1.39. The van der Waals surface area contributed by atoms with Gasteiger partial charge in [0.05, 0.1) is 0 Å². The van der Waals surface area contributed by atoms with Crippen molar-refractivity contribution >= 4 is 5.91 Å². The van der Waals surface area contributed by atoms with Crippen LogP contribution in [0.25, 0.3) is 0 Å². The molecule has 2 atom stereocenters. The predicted molar refractivity (Wildman–Crippen MR) is 45.2 cm³/mol. The van der Waals surface area contributed by atoms with Crippen LogP contribution in [-0.2, 0) is 4.79 Å². The summed E-state index contributed by atoms with van der Waals surface area (Å²) < 4.78 is 0. The molecule has 0 aromatic heterocycles.